The number of hydrogen-bond donors (Lipinski definition) is 0. The molecule has 1 aromatic rings. The highest BCUT2D eigenvalue weighted by Crippen LogP contribution is 2.10. The van der Waals surface area contributed by atoms with Gasteiger partial charge in [-0.2, -0.15) is 4.39 Å². The van der Waals surface area contributed by atoms with Gasteiger partial charge in [0.1, 0.15) is 0 Å². The van der Waals surface area contributed by atoms with Crippen LogP contribution in [0.4, 0.5) is 4.39 Å². The second-order valence-electron chi connectivity index (χ2n) is 2.74. The Bertz CT molecular complexity index is 310. The van der Waals surface area contributed by atoms with Crippen molar-refractivity contribution in [2.45, 2.75) is 13.3 Å². The standard InChI is InChI=1S/C10H11ClFN/c1-8-7-13-10(12)6-9(8)4-2-3-5-11/h2,4,6-7H,3,5H2,1H3. The summed E-state index contributed by atoms with van der Waals surface area (Å²) in [6, 6.07) is 1.42. The van der Waals surface area contributed by atoms with Crippen LogP contribution in [0.5, 0.6) is 0 Å². The summed E-state index contributed by atoms with van der Waals surface area (Å²) in [6.45, 7) is 1.90. The summed E-state index contributed by atoms with van der Waals surface area (Å²) in [4.78, 5) is 3.54. The van der Waals surface area contributed by atoms with Crippen LogP contribution in [0.1, 0.15) is 17.5 Å². The topological polar surface area (TPSA) is 12.9 Å². The highest BCUT2D eigenvalue weighted by molar-refractivity contribution is 6.17. The maximum atomic E-state index is 12.7. The molecule has 0 amide bonds. The third kappa shape index (κ3) is 3.15. The number of nitrogens with zero attached hydrogens (tertiary/aromatic N) is 1. The van der Waals surface area contributed by atoms with Gasteiger partial charge in [0.15, 0.2) is 0 Å². The van der Waals surface area contributed by atoms with Gasteiger partial charge in [-0.25, -0.2) is 4.98 Å². The van der Waals surface area contributed by atoms with Crippen molar-refractivity contribution in [3.8, 4) is 0 Å². The first kappa shape index (κ1) is 10.2. The van der Waals surface area contributed by atoms with Gasteiger partial charge >= 0.3 is 0 Å². The normalized spacial score (nSPS) is 11.0. The van der Waals surface area contributed by atoms with Crippen molar-refractivity contribution < 1.29 is 4.39 Å². The van der Waals surface area contributed by atoms with Gasteiger partial charge in [0, 0.05) is 18.1 Å². The van der Waals surface area contributed by atoms with E-state index in [1.54, 1.807) is 0 Å². The SMILES string of the molecule is Cc1cnc(F)cc1C=CCCCl. The number of halogens is 2. The molecule has 0 bridgehead atoms. The summed E-state index contributed by atoms with van der Waals surface area (Å²) in [7, 11) is 0. The summed E-state index contributed by atoms with van der Waals surface area (Å²) >= 11 is 5.50. The van der Waals surface area contributed by atoms with Crippen molar-refractivity contribution in [1.29, 1.82) is 0 Å². The van der Waals surface area contributed by atoms with Gasteiger partial charge in [-0.05, 0) is 24.5 Å². The maximum Gasteiger partial charge on any atom is 0.213 e. The summed E-state index contributed by atoms with van der Waals surface area (Å²) < 4.78 is 12.7. The van der Waals surface area contributed by atoms with Gasteiger partial charge in [0.05, 0.1) is 0 Å². The number of pyridine rings is 1. The number of aryl methyl sites for hydroxylation is 1. The lowest BCUT2D eigenvalue weighted by atomic mass is 10.1. The Balaban J connectivity index is 2.81. The molecule has 0 atom stereocenters. The Morgan fingerprint density at radius 2 is 2.38 bits per heavy atom. The molecule has 0 saturated carbocycles. The second-order valence-corrected chi connectivity index (χ2v) is 3.12. The average Bonchev–Trinajstić information content (AvgIpc) is 2.11. The van der Waals surface area contributed by atoms with Crippen molar-refractivity contribution in [3.05, 3.63) is 35.4 Å². The van der Waals surface area contributed by atoms with E-state index in [1.165, 1.54) is 12.3 Å². The van der Waals surface area contributed by atoms with Crippen LogP contribution < -0.4 is 0 Å². The molecule has 0 aliphatic carbocycles. The van der Waals surface area contributed by atoms with E-state index >= 15 is 0 Å². The van der Waals surface area contributed by atoms with Crippen LogP contribution in [0.25, 0.3) is 6.08 Å². The van der Waals surface area contributed by atoms with E-state index in [9.17, 15) is 4.39 Å². The van der Waals surface area contributed by atoms with Gasteiger partial charge in [-0.1, -0.05) is 12.2 Å². The number of hydrogen-bond acceptors (Lipinski definition) is 1. The molecule has 0 radical (unpaired) electrons. The lowest BCUT2D eigenvalue weighted by Crippen LogP contribution is -1.87. The Morgan fingerprint density at radius 1 is 1.62 bits per heavy atom. The monoisotopic (exact) mass is 199 g/mol. The first-order valence-electron chi connectivity index (χ1n) is 4.08. The molecule has 0 N–H and O–H groups in total. The van der Waals surface area contributed by atoms with Crippen molar-refractivity contribution in [1.82, 2.24) is 4.98 Å². The van der Waals surface area contributed by atoms with Gasteiger partial charge in [0.2, 0.25) is 5.95 Å². The fourth-order valence-electron chi connectivity index (χ4n) is 0.965. The minimum atomic E-state index is -0.448. The van der Waals surface area contributed by atoms with E-state index in [0.717, 1.165) is 17.5 Å². The summed E-state index contributed by atoms with van der Waals surface area (Å²) in [6.07, 6.45) is 6.11. The second kappa shape index (κ2) is 4.97. The van der Waals surface area contributed by atoms with Gasteiger partial charge in [0.25, 0.3) is 0 Å². The van der Waals surface area contributed by atoms with Crippen LogP contribution in [0.2, 0.25) is 0 Å². The highest BCUT2D eigenvalue weighted by Gasteiger charge is 1.96. The lowest BCUT2D eigenvalue weighted by Gasteiger charge is -1.98. The third-order valence-electron chi connectivity index (χ3n) is 1.68. The zero-order chi connectivity index (χ0) is 9.68. The van der Waals surface area contributed by atoms with Crippen LogP contribution in [0, 0.1) is 12.9 Å². The third-order valence-corrected chi connectivity index (χ3v) is 1.90. The average molecular weight is 200 g/mol. The van der Waals surface area contributed by atoms with Crippen LogP contribution in [0.3, 0.4) is 0 Å². The Hall–Kier alpha value is -0.890. The Kier molecular flexibility index (Phi) is 3.90. The minimum absolute atomic E-state index is 0.448. The van der Waals surface area contributed by atoms with E-state index in [4.69, 9.17) is 11.6 Å². The summed E-state index contributed by atoms with van der Waals surface area (Å²) in [5.74, 6) is 0.138. The van der Waals surface area contributed by atoms with Crippen LogP contribution in [-0.2, 0) is 0 Å². The fraction of sp³-hybridized carbons (Fsp3) is 0.300. The van der Waals surface area contributed by atoms with E-state index in [2.05, 4.69) is 4.98 Å². The molecule has 1 nitrogen and oxygen atoms in total. The Labute approximate surface area is 82.3 Å². The Morgan fingerprint density at radius 3 is 3.08 bits per heavy atom. The lowest BCUT2D eigenvalue weighted by molar-refractivity contribution is 0.582. The number of rotatable bonds is 3. The fourth-order valence-corrected chi connectivity index (χ4v) is 1.09. The first-order chi connectivity index (χ1) is 6.24. The van der Waals surface area contributed by atoms with Crippen LogP contribution >= 0.6 is 11.6 Å². The van der Waals surface area contributed by atoms with E-state index in [-0.39, 0.29) is 0 Å². The molecule has 1 rings (SSSR count). The molecule has 0 saturated heterocycles. The van der Waals surface area contributed by atoms with E-state index in [1.807, 2.05) is 19.1 Å². The number of allylic oxidation sites excluding steroid dienone is 1. The number of alkyl halides is 1. The van der Waals surface area contributed by atoms with E-state index < -0.39 is 5.95 Å². The molecule has 0 aromatic carbocycles. The molecule has 0 unspecified atom stereocenters. The molecule has 0 fully saturated rings. The van der Waals surface area contributed by atoms with Gasteiger partial charge in [-0.3, -0.25) is 0 Å². The van der Waals surface area contributed by atoms with Crippen molar-refractivity contribution >= 4 is 17.7 Å². The van der Waals surface area contributed by atoms with E-state index in [0.29, 0.717) is 5.88 Å². The van der Waals surface area contributed by atoms with Crippen molar-refractivity contribution in [2.24, 2.45) is 0 Å². The molecule has 0 spiro atoms. The van der Waals surface area contributed by atoms with Crippen molar-refractivity contribution in [2.75, 3.05) is 5.88 Å². The first-order valence-corrected chi connectivity index (χ1v) is 4.62. The number of aromatic nitrogens is 1. The predicted octanol–water partition coefficient (Wildman–Crippen LogP) is 3.17. The molecular weight excluding hydrogens is 189 g/mol. The molecule has 70 valence electrons. The molecule has 3 heteroatoms. The smallest absolute Gasteiger partial charge is 0.213 e. The molecule has 0 aliphatic rings. The van der Waals surface area contributed by atoms with Gasteiger partial charge < -0.3 is 0 Å². The van der Waals surface area contributed by atoms with Crippen LogP contribution in [-0.4, -0.2) is 10.9 Å². The zero-order valence-corrected chi connectivity index (χ0v) is 8.18. The maximum absolute atomic E-state index is 12.7. The molecule has 13 heavy (non-hydrogen) atoms. The van der Waals surface area contributed by atoms with Gasteiger partial charge in [-0.15, -0.1) is 11.6 Å². The van der Waals surface area contributed by atoms with Crippen molar-refractivity contribution in [3.63, 3.8) is 0 Å². The molecule has 0 aliphatic heterocycles. The zero-order valence-electron chi connectivity index (χ0n) is 7.43. The largest absolute Gasteiger partial charge is 0.228 e. The highest BCUT2D eigenvalue weighted by atomic mass is 35.5. The summed E-state index contributed by atoms with van der Waals surface area (Å²) in [5, 5.41) is 0. The quantitative estimate of drug-likeness (QED) is 0.538. The van der Waals surface area contributed by atoms with Crippen LogP contribution in [0.15, 0.2) is 18.3 Å². The minimum Gasteiger partial charge on any atom is -0.228 e. The predicted molar refractivity (Wildman–Crippen MR) is 53.3 cm³/mol. The summed E-state index contributed by atoms with van der Waals surface area (Å²) in [5.41, 5.74) is 1.82. The molecule has 1 heterocycles. The molecular formula is C10H11ClFN. The molecule has 1 aromatic heterocycles.